The van der Waals surface area contributed by atoms with Gasteiger partial charge in [0.15, 0.2) is 0 Å². The third-order valence-corrected chi connectivity index (χ3v) is 3.35. The molecule has 0 unspecified atom stereocenters. The zero-order chi connectivity index (χ0) is 15.9. The Balaban J connectivity index is 1.88. The number of halogens is 1. The zero-order valence-corrected chi connectivity index (χ0v) is 13.3. The summed E-state index contributed by atoms with van der Waals surface area (Å²) in [5, 5.41) is 3.31. The number of para-hydroxylation sites is 1. The highest BCUT2D eigenvalue weighted by atomic mass is 35.5. The Hall–Kier alpha value is -2.20. The van der Waals surface area contributed by atoms with Gasteiger partial charge in [-0.05, 0) is 36.8 Å². The Labute approximate surface area is 135 Å². The molecule has 2 rings (SSSR count). The van der Waals surface area contributed by atoms with Gasteiger partial charge in [0.05, 0.1) is 25.8 Å². The number of ether oxygens (including phenoxy) is 2. The molecule has 1 N–H and O–H groups in total. The van der Waals surface area contributed by atoms with Gasteiger partial charge in [0.2, 0.25) is 5.91 Å². The third kappa shape index (κ3) is 4.40. The zero-order valence-electron chi connectivity index (χ0n) is 12.6. The van der Waals surface area contributed by atoms with Gasteiger partial charge in [-0.3, -0.25) is 4.79 Å². The van der Waals surface area contributed by atoms with E-state index in [0.29, 0.717) is 23.1 Å². The molecular formula is C17H18ClNO3. The van der Waals surface area contributed by atoms with E-state index in [0.717, 1.165) is 11.3 Å². The molecule has 0 spiro atoms. The van der Waals surface area contributed by atoms with Crippen molar-refractivity contribution in [2.75, 3.05) is 19.0 Å². The van der Waals surface area contributed by atoms with Crippen LogP contribution in [0, 0.1) is 6.92 Å². The number of anilines is 1. The minimum absolute atomic E-state index is 0.158. The van der Waals surface area contributed by atoms with E-state index in [1.165, 1.54) is 0 Å². The number of carbonyl (C=O) groups excluding carboxylic acids is 1. The molecule has 0 saturated carbocycles. The standard InChI is InChI=1S/C17H18ClNO3/c1-12-5-3-4-6-15(12)22-10-9-17(20)19-14-11-13(18)7-8-16(14)21-2/h3-8,11H,9-10H2,1-2H3,(H,19,20). The van der Waals surface area contributed by atoms with Crippen molar-refractivity contribution in [2.24, 2.45) is 0 Å². The van der Waals surface area contributed by atoms with E-state index in [1.807, 2.05) is 31.2 Å². The Morgan fingerprint density at radius 1 is 1.18 bits per heavy atom. The van der Waals surface area contributed by atoms with E-state index in [4.69, 9.17) is 21.1 Å². The summed E-state index contributed by atoms with van der Waals surface area (Å²) < 4.78 is 10.8. The smallest absolute Gasteiger partial charge is 0.227 e. The first-order valence-electron chi connectivity index (χ1n) is 6.92. The van der Waals surface area contributed by atoms with Crippen LogP contribution in [0.1, 0.15) is 12.0 Å². The Morgan fingerprint density at radius 3 is 2.68 bits per heavy atom. The van der Waals surface area contributed by atoms with Gasteiger partial charge in [-0.15, -0.1) is 0 Å². The number of hydrogen-bond donors (Lipinski definition) is 1. The van der Waals surface area contributed by atoms with Gasteiger partial charge in [0.25, 0.3) is 0 Å². The molecule has 5 heteroatoms. The summed E-state index contributed by atoms with van der Waals surface area (Å²) in [4.78, 5) is 12.0. The van der Waals surface area contributed by atoms with E-state index >= 15 is 0 Å². The molecule has 0 atom stereocenters. The predicted molar refractivity (Wildman–Crippen MR) is 87.9 cm³/mol. The number of rotatable bonds is 6. The fourth-order valence-corrected chi connectivity index (χ4v) is 2.13. The number of methoxy groups -OCH3 is 1. The summed E-state index contributed by atoms with van der Waals surface area (Å²) >= 11 is 5.93. The minimum Gasteiger partial charge on any atom is -0.495 e. The summed E-state index contributed by atoms with van der Waals surface area (Å²) in [6.07, 6.45) is 0.240. The highest BCUT2D eigenvalue weighted by Crippen LogP contribution is 2.27. The average molecular weight is 320 g/mol. The lowest BCUT2D eigenvalue weighted by molar-refractivity contribution is -0.116. The van der Waals surface area contributed by atoms with Crippen LogP contribution < -0.4 is 14.8 Å². The van der Waals surface area contributed by atoms with Crippen molar-refractivity contribution >= 4 is 23.2 Å². The summed E-state index contributed by atoms with van der Waals surface area (Å²) in [5.41, 5.74) is 1.59. The quantitative estimate of drug-likeness (QED) is 0.873. The fraction of sp³-hybridized carbons (Fsp3) is 0.235. The molecule has 22 heavy (non-hydrogen) atoms. The lowest BCUT2D eigenvalue weighted by Crippen LogP contribution is -2.16. The third-order valence-electron chi connectivity index (χ3n) is 3.12. The van der Waals surface area contributed by atoms with E-state index in [9.17, 15) is 4.79 Å². The molecular weight excluding hydrogens is 302 g/mol. The van der Waals surface area contributed by atoms with Crippen LogP contribution in [-0.4, -0.2) is 19.6 Å². The molecule has 0 radical (unpaired) electrons. The van der Waals surface area contributed by atoms with Crippen LogP contribution in [0.2, 0.25) is 5.02 Å². The van der Waals surface area contributed by atoms with E-state index in [2.05, 4.69) is 5.32 Å². The molecule has 116 valence electrons. The average Bonchev–Trinajstić information content (AvgIpc) is 2.49. The van der Waals surface area contributed by atoms with Crippen molar-refractivity contribution in [3.05, 3.63) is 53.1 Å². The van der Waals surface area contributed by atoms with Gasteiger partial charge in [-0.1, -0.05) is 29.8 Å². The normalized spacial score (nSPS) is 10.1. The number of nitrogens with one attached hydrogen (secondary N) is 1. The first kappa shape index (κ1) is 16.2. The van der Waals surface area contributed by atoms with Gasteiger partial charge >= 0.3 is 0 Å². The van der Waals surface area contributed by atoms with Crippen LogP contribution in [0.25, 0.3) is 0 Å². The number of benzene rings is 2. The van der Waals surface area contributed by atoms with Crippen molar-refractivity contribution in [3.63, 3.8) is 0 Å². The van der Waals surface area contributed by atoms with Gasteiger partial charge in [0.1, 0.15) is 11.5 Å². The molecule has 1 amide bonds. The molecule has 0 aliphatic carbocycles. The molecule has 2 aromatic rings. The van der Waals surface area contributed by atoms with Crippen LogP contribution in [0.15, 0.2) is 42.5 Å². The van der Waals surface area contributed by atoms with Crippen molar-refractivity contribution < 1.29 is 14.3 Å². The highest BCUT2D eigenvalue weighted by molar-refractivity contribution is 6.31. The SMILES string of the molecule is COc1ccc(Cl)cc1NC(=O)CCOc1ccccc1C. The number of amides is 1. The largest absolute Gasteiger partial charge is 0.495 e. The topological polar surface area (TPSA) is 47.6 Å². The van der Waals surface area contributed by atoms with Gasteiger partial charge < -0.3 is 14.8 Å². The lowest BCUT2D eigenvalue weighted by Gasteiger charge is -2.11. The number of hydrogen-bond acceptors (Lipinski definition) is 3. The van der Waals surface area contributed by atoms with E-state index in [1.54, 1.807) is 25.3 Å². The molecule has 0 aliphatic heterocycles. The first-order chi connectivity index (χ1) is 10.6. The van der Waals surface area contributed by atoms with E-state index in [-0.39, 0.29) is 12.3 Å². The van der Waals surface area contributed by atoms with Crippen molar-refractivity contribution in [3.8, 4) is 11.5 Å². The second-order valence-electron chi connectivity index (χ2n) is 4.76. The summed E-state index contributed by atoms with van der Waals surface area (Å²) in [6, 6.07) is 12.8. The molecule has 0 fully saturated rings. The van der Waals surface area contributed by atoms with Crippen molar-refractivity contribution in [1.82, 2.24) is 0 Å². The summed E-state index contributed by atoms with van der Waals surface area (Å²) in [6.45, 7) is 2.27. The molecule has 0 bridgehead atoms. The predicted octanol–water partition coefficient (Wildman–Crippen LogP) is 4.06. The van der Waals surface area contributed by atoms with Gasteiger partial charge in [0, 0.05) is 5.02 Å². The first-order valence-corrected chi connectivity index (χ1v) is 7.30. The maximum Gasteiger partial charge on any atom is 0.227 e. The molecule has 2 aromatic carbocycles. The highest BCUT2D eigenvalue weighted by Gasteiger charge is 2.09. The maximum atomic E-state index is 12.0. The molecule has 4 nitrogen and oxygen atoms in total. The lowest BCUT2D eigenvalue weighted by atomic mass is 10.2. The van der Waals surface area contributed by atoms with Crippen molar-refractivity contribution in [1.29, 1.82) is 0 Å². The number of carbonyl (C=O) groups is 1. The second kappa shape index (κ2) is 7.71. The molecule has 0 heterocycles. The van der Waals surface area contributed by atoms with Crippen LogP contribution in [0.4, 0.5) is 5.69 Å². The Kier molecular flexibility index (Phi) is 5.67. The Morgan fingerprint density at radius 2 is 1.95 bits per heavy atom. The second-order valence-corrected chi connectivity index (χ2v) is 5.19. The summed E-state index contributed by atoms with van der Waals surface area (Å²) in [7, 11) is 1.54. The van der Waals surface area contributed by atoms with Crippen LogP contribution in [0.5, 0.6) is 11.5 Å². The van der Waals surface area contributed by atoms with Crippen LogP contribution >= 0.6 is 11.6 Å². The van der Waals surface area contributed by atoms with Crippen LogP contribution in [-0.2, 0) is 4.79 Å². The molecule has 0 saturated heterocycles. The Bertz CT molecular complexity index is 658. The van der Waals surface area contributed by atoms with Crippen molar-refractivity contribution in [2.45, 2.75) is 13.3 Å². The monoisotopic (exact) mass is 319 g/mol. The van der Waals surface area contributed by atoms with Gasteiger partial charge in [-0.25, -0.2) is 0 Å². The maximum absolute atomic E-state index is 12.0. The molecule has 0 aromatic heterocycles. The fourth-order valence-electron chi connectivity index (χ4n) is 1.96. The van der Waals surface area contributed by atoms with Gasteiger partial charge in [-0.2, -0.15) is 0 Å². The number of aryl methyl sites for hydroxylation is 1. The molecule has 0 aliphatic rings. The minimum atomic E-state index is -0.158. The van der Waals surface area contributed by atoms with Crippen LogP contribution in [0.3, 0.4) is 0 Å². The summed E-state index contributed by atoms with van der Waals surface area (Å²) in [5.74, 6) is 1.20. The van der Waals surface area contributed by atoms with E-state index < -0.39 is 0 Å².